The van der Waals surface area contributed by atoms with Gasteiger partial charge in [-0.3, -0.25) is 9.69 Å². The third-order valence-electron chi connectivity index (χ3n) is 4.08. The summed E-state index contributed by atoms with van der Waals surface area (Å²) in [6, 6.07) is 1.44. The normalized spacial score (nSPS) is 28.2. The first-order chi connectivity index (χ1) is 9.65. The second-order valence-corrected chi connectivity index (χ2v) is 6.54. The second-order valence-electron chi connectivity index (χ2n) is 5.54. The summed E-state index contributed by atoms with van der Waals surface area (Å²) in [7, 11) is 2.08. The number of nitrogens with zero attached hydrogens (tertiary/aromatic N) is 2. The maximum atomic E-state index is 11.6. The van der Waals surface area contributed by atoms with Crippen LogP contribution in [0.4, 0.5) is 0 Å². The van der Waals surface area contributed by atoms with Gasteiger partial charge in [-0.1, -0.05) is 0 Å². The number of likely N-dealkylation sites (N-methyl/N-ethyl adjacent to an activating group) is 1. The molecular weight excluding hydrogens is 276 g/mol. The highest BCUT2D eigenvalue weighted by Crippen LogP contribution is 2.33. The van der Waals surface area contributed by atoms with E-state index in [0.717, 1.165) is 38.2 Å². The van der Waals surface area contributed by atoms with Gasteiger partial charge in [0.2, 0.25) is 0 Å². The lowest BCUT2D eigenvalue weighted by Crippen LogP contribution is -2.49. The van der Waals surface area contributed by atoms with Gasteiger partial charge in [-0.25, -0.2) is 0 Å². The minimum atomic E-state index is -0.756. The molecule has 2 unspecified atom stereocenters. The van der Waals surface area contributed by atoms with Crippen molar-refractivity contribution in [1.82, 2.24) is 9.80 Å². The molecule has 5 nitrogen and oxygen atoms in total. The van der Waals surface area contributed by atoms with Crippen LogP contribution in [0.15, 0.2) is 11.4 Å². The molecule has 0 aromatic carbocycles. The van der Waals surface area contributed by atoms with Crippen LogP contribution in [0.2, 0.25) is 0 Å². The molecule has 0 radical (unpaired) electrons. The summed E-state index contributed by atoms with van der Waals surface area (Å²) in [5, 5.41) is 11.6. The topological polar surface area (TPSA) is 53.0 Å². The first kappa shape index (κ1) is 14.0. The van der Waals surface area contributed by atoms with Gasteiger partial charge in [-0.2, -0.15) is 0 Å². The van der Waals surface area contributed by atoms with E-state index in [1.807, 2.05) is 11.4 Å². The Bertz CT molecular complexity index is 491. The van der Waals surface area contributed by atoms with E-state index in [9.17, 15) is 9.90 Å². The maximum Gasteiger partial charge on any atom is 0.325 e. The standard InChI is InChI=1S/C14H20N2O3S/c1-15-5-6-19-10(8-15)9-16-4-2-12-11(3-7-20-12)13(16)14(17)18/h3,7,10,13H,2,4-6,8-9H2,1H3,(H,17,18). The molecule has 110 valence electrons. The average molecular weight is 296 g/mol. The van der Waals surface area contributed by atoms with Crippen molar-refractivity contribution in [3.05, 3.63) is 21.9 Å². The molecule has 1 aromatic heterocycles. The molecule has 0 bridgehead atoms. The highest BCUT2D eigenvalue weighted by molar-refractivity contribution is 7.10. The predicted molar refractivity (Wildman–Crippen MR) is 77.2 cm³/mol. The maximum absolute atomic E-state index is 11.6. The molecule has 1 aromatic rings. The van der Waals surface area contributed by atoms with Gasteiger partial charge in [-0.05, 0) is 30.5 Å². The van der Waals surface area contributed by atoms with Gasteiger partial charge in [-0.15, -0.1) is 11.3 Å². The number of fused-ring (bicyclic) bond motifs is 1. The van der Waals surface area contributed by atoms with Crippen LogP contribution in [-0.2, 0) is 16.0 Å². The lowest BCUT2D eigenvalue weighted by atomic mass is 9.99. The molecule has 0 aliphatic carbocycles. The van der Waals surface area contributed by atoms with Gasteiger partial charge in [0.15, 0.2) is 0 Å². The number of hydrogen-bond acceptors (Lipinski definition) is 5. The fourth-order valence-electron chi connectivity index (χ4n) is 3.09. The molecule has 2 aliphatic rings. The van der Waals surface area contributed by atoms with E-state index in [4.69, 9.17) is 4.74 Å². The van der Waals surface area contributed by atoms with Crippen LogP contribution < -0.4 is 0 Å². The third kappa shape index (κ3) is 2.74. The van der Waals surface area contributed by atoms with E-state index in [0.29, 0.717) is 6.54 Å². The minimum absolute atomic E-state index is 0.107. The minimum Gasteiger partial charge on any atom is -0.480 e. The lowest BCUT2D eigenvalue weighted by molar-refractivity contribution is -0.145. The molecule has 0 spiro atoms. The highest BCUT2D eigenvalue weighted by Gasteiger charge is 2.35. The lowest BCUT2D eigenvalue weighted by Gasteiger charge is -2.38. The van der Waals surface area contributed by atoms with Crippen LogP contribution in [0.3, 0.4) is 0 Å². The molecule has 0 saturated carbocycles. The molecule has 1 fully saturated rings. The summed E-state index contributed by atoms with van der Waals surface area (Å²) < 4.78 is 5.77. The smallest absolute Gasteiger partial charge is 0.325 e. The number of carboxylic acids is 1. The summed E-state index contributed by atoms with van der Waals surface area (Å²) in [5.41, 5.74) is 0.970. The van der Waals surface area contributed by atoms with Crippen LogP contribution in [-0.4, -0.2) is 66.8 Å². The summed E-state index contributed by atoms with van der Waals surface area (Å²) >= 11 is 1.67. The second kappa shape index (κ2) is 5.81. The quantitative estimate of drug-likeness (QED) is 0.904. The number of ether oxygens (including phenoxy) is 1. The zero-order chi connectivity index (χ0) is 14.1. The molecule has 2 aliphatic heterocycles. The molecule has 1 saturated heterocycles. The van der Waals surface area contributed by atoms with Crippen LogP contribution >= 0.6 is 11.3 Å². The summed E-state index contributed by atoms with van der Waals surface area (Å²) in [6.45, 7) is 4.05. The van der Waals surface area contributed by atoms with Gasteiger partial charge in [0.1, 0.15) is 6.04 Å². The van der Waals surface area contributed by atoms with E-state index in [2.05, 4.69) is 16.8 Å². The number of thiophene rings is 1. The Kier molecular flexibility index (Phi) is 4.07. The number of aliphatic carboxylic acids is 1. The highest BCUT2D eigenvalue weighted by atomic mass is 32.1. The Morgan fingerprint density at radius 3 is 3.15 bits per heavy atom. The summed E-state index contributed by atoms with van der Waals surface area (Å²) in [6.07, 6.45) is 1.05. The largest absolute Gasteiger partial charge is 0.480 e. The van der Waals surface area contributed by atoms with E-state index in [1.54, 1.807) is 11.3 Å². The van der Waals surface area contributed by atoms with E-state index in [1.165, 1.54) is 4.88 Å². The molecule has 3 heterocycles. The number of carboxylic acid groups (broad SMARTS) is 1. The molecule has 1 N–H and O–H groups in total. The van der Waals surface area contributed by atoms with Crippen LogP contribution in [0.1, 0.15) is 16.5 Å². The van der Waals surface area contributed by atoms with E-state index in [-0.39, 0.29) is 6.10 Å². The number of rotatable bonds is 3. The van der Waals surface area contributed by atoms with Gasteiger partial charge < -0.3 is 14.7 Å². The fraction of sp³-hybridized carbons (Fsp3) is 0.643. The summed E-state index contributed by atoms with van der Waals surface area (Å²) in [5.74, 6) is -0.756. The van der Waals surface area contributed by atoms with Crippen LogP contribution in [0, 0.1) is 0 Å². The first-order valence-corrected chi connectivity index (χ1v) is 7.86. The van der Waals surface area contributed by atoms with E-state index >= 15 is 0 Å². The van der Waals surface area contributed by atoms with Crippen molar-refractivity contribution < 1.29 is 14.6 Å². The number of morpholine rings is 1. The fourth-order valence-corrected chi connectivity index (χ4v) is 4.00. The summed E-state index contributed by atoms with van der Waals surface area (Å²) in [4.78, 5) is 17.2. The van der Waals surface area contributed by atoms with Crippen molar-refractivity contribution in [3.8, 4) is 0 Å². The Morgan fingerprint density at radius 1 is 1.55 bits per heavy atom. The van der Waals surface area contributed by atoms with Crippen LogP contribution in [0.5, 0.6) is 0 Å². The first-order valence-electron chi connectivity index (χ1n) is 6.98. The van der Waals surface area contributed by atoms with E-state index < -0.39 is 12.0 Å². The zero-order valence-electron chi connectivity index (χ0n) is 11.6. The molecule has 0 amide bonds. The number of hydrogen-bond donors (Lipinski definition) is 1. The molecule has 20 heavy (non-hydrogen) atoms. The van der Waals surface area contributed by atoms with Gasteiger partial charge >= 0.3 is 5.97 Å². The SMILES string of the molecule is CN1CCOC(CN2CCc3sccc3C2C(=O)O)C1. The van der Waals surface area contributed by atoms with Gasteiger partial charge in [0.05, 0.1) is 12.7 Å². The molecule has 6 heteroatoms. The monoisotopic (exact) mass is 296 g/mol. The van der Waals surface area contributed by atoms with Crippen LogP contribution in [0.25, 0.3) is 0 Å². The third-order valence-corrected chi connectivity index (χ3v) is 5.08. The Labute approximate surface area is 122 Å². The van der Waals surface area contributed by atoms with Crippen molar-refractivity contribution in [1.29, 1.82) is 0 Å². The molecular formula is C14H20N2O3S. The van der Waals surface area contributed by atoms with Crippen molar-refractivity contribution in [2.75, 3.05) is 39.8 Å². The van der Waals surface area contributed by atoms with Crippen molar-refractivity contribution in [2.45, 2.75) is 18.6 Å². The predicted octanol–water partition coefficient (Wildman–Crippen LogP) is 1.06. The van der Waals surface area contributed by atoms with Gasteiger partial charge in [0.25, 0.3) is 0 Å². The molecule has 2 atom stereocenters. The van der Waals surface area contributed by atoms with Crippen molar-refractivity contribution >= 4 is 17.3 Å². The van der Waals surface area contributed by atoms with Crippen molar-refractivity contribution in [3.63, 3.8) is 0 Å². The Balaban J connectivity index is 1.74. The Hall–Kier alpha value is -0.950. The molecule has 3 rings (SSSR count). The average Bonchev–Trinajstić information content (AvgIpc) is 2.86. The van der Waals surface area contributed by atoms with Gasteiger partial charge in [0, 0.05) is 31.1 Å². The zero-order valence-corrected chi connectivity index (χ0v) is 12.4. The Morgan fingerprint density at radius 2 is 2.40 bits per heavy atom. The number of carbonyl (C=O) groups is 1. The van der Waals surface area contributed by atoms with Crippen molar-refractivity contribution in [2.24, 2.45) is 0 Å².